The monoisotopic (exact) mass is 472 g/mol. The fourth-order valence-corrected chi connectivity index (χ4v) is 4.23. The lowest BCUT2D eigenvalue weighted by Gasteiger charge is -2.35. The summed E-state index contributed by atoms with van der Waals surface area (Å²) >= 11 is 0. The van der Waals surface area contributed by atoms with Gasteiger partial charge in [-0.15, -0.1) is 0 Å². The molecular weight excluding hydrogens is 448 g/mol. The molecule has 35 heavy (non-hydrogen) atoms. The molecule has 5 rings (SSSR count). The summed E-state index contributed by atoms with van der Waals surface area (Å²) in [4.78, 5) is 38.9. The van der Waals surface area contributed by atoms with E-state index in [1.165, 1.54) is 7.11 Å². The summed E-state index contributed by atoms with van der Waals surface area (Å²) in [6.07, 6.45) is 0. The molecule has 0 saturated carbocycles. The van der Waals surface area contributed by atoms with E-state index in [9.17, 15) is 14.7 Å². The maximum absolute atomic E-state index is 13.3. The van der Waals surface area contributed by atoms with Crippen molar-refractivity contribution in [3.8, 4) is 17.2 Å². The molecule has 1 N–H and O–H groups in total. The fourth-order valence-electron chi connectivity index (χ4n) is 4.23. The highest BCUT2D eigenvalue weighted by Gasteiger charge is 2.28. The molecule has 0 radical (unpaired) electrons. The Balaban J connectivity index is 1.38. The standard InChI is InChI=1S/C25H24N6O4/c1-16-24(27-18-8-4-3-7-17(18)26-16)29-11-13-30(14-12-29)25(34)23-20(32)15-22(33)31(28-23)19-9-5-6-10-21(19)35-2/h3-10,15,32H,11-14H2,1-2H3. The zero-order valence-corrected chi connectivity index (χ0v) is 19.4. The van der Waals surface area contributed by atoms with Crippen molar-refractivity contribution in [2.24, 2.45) is 0 Å². The van der Waals surface area contributed by atoms with Gasteiger partial charge in [0.25, 0.3) is 11.5 Å². The fraction of sp³-hybridized carbons (Fsp3) is 0.240. The van der Waals surface area contributed by atoms with Crippen molar-refractivity contribution in [1.29, 1.82) is 0 Å². The van der Waals surface area contributed by atoms with Crippen LogP contribution in [0.25, 0.3) is 16.7 Å². The molecule has 0 atom stereocenters. The Kier molecular flexibility index (Phi) is 5.77. The van der Waals surface area contributed by atoms with Crippen molar-refractivity contribution in [1.82, 2.24) is 24.6 Å². The molecule has 2 aromatic heterocycles. The normalized spacial score (nSPS) is 13.8. The summed E-state index contributed by atoms with van der Waals surface area (Å²) in [6.45, 7) is 3.83. The van der Waals surface area contributed by atoms with Crippen molar-refractivity contribution in [3.05, 3.63) is 76.3 Å². The molecule has 4 aromatic rings. The molecule has 0 aliphatic carbocycles. The topological polar surface area (TPSA) is 114 Å². The minimum atomic E-state index is -0.571. The number of amides is 1. The Morgan fingerprint density at radius 1 is 0.971 bits per heavy atom. The average molecular weight is 473 g/mol. The third-order valence-corrected chi connectivity index (χ3v) is 6.01. The van der Waals surface area contributed by atoms with Crippen molar-refractivity contribution < 1.29 is 14.6 Å². The van der Waals surface area contributed by atoms with Crippen LogP contribution >= 0.6 is 0 Å². The Morgan fingerprint density at radius 2 is 1.63 bits per heavy atom. The van der Waals surface area contributed by atoms with E-state index < -0.39 is 17.2 Å². The van der Waals surface area contributed by atoms with Gasteiger partial charge >= 0.3 is 0 Å². The number of para-hydroxylation sites is 4. The number of nitrogens with zero attached hydrogens (tertiary/aromatic N) is 6. The molecule has 3 heterocycles. The molecule has 0 bridgehead atoms. The maximum atomic E-state index is 13.3. The predicted molar refractivity (Wildman–Crippen MR) is 130 cm³/mol. The number of ether oxygens (including phenoxy) is 1. The summed E-state index contributed by atoms with van der Waals surface area (Å²) in [5.41, 5.74) is 2.11. The number of aromatic nitrogens is 4. The van der Waals surface area contributed by atoms with Crippen LogP contribution in [0.4, 0.5) is 5.82 Å². The van der Waals surface area contributed by atoms with Crippen LogP contribution in [0.5, 0.6) is 11.5 Å². The molecular formula is C25H24N6O4. The van der Waals surface area contributed by atoms with Gasteiger partial charge in [-0.1, -0.05) is 24.3 Å². The van der Waals surface area contributed by atoms with Crippen molar-refractivity contribution >= 4 is 22.8 Å². The molecule has 1 amide bonds. The molecule has 1 fully saturated rings. The maximum Gasteiger partial charge on any atom is 0.278 e. The minimum absolute atomic E-state index is 0.189. The number of fused-ring (bicyclic) bond motifs is 1. The zero-order valence-electron chi connectivity index (χ0n) is 19.4. The van der Waals surface area contributed by atoms with E-state index >= 15 is 0 Å². The van der Waals surface area contributed by atoms with E-state index in [4.69, 9.17) is 9.72 Å². The van der Waals surface area contributed by atoms with Crippen LogP contribution in [0.15, 0.2) is 59.4 Å². The first-order chi connectivity index (χ1) is 17.0. The summed E-state index contributed by atoms with van der Waals surface area (Å²) in [6, 6.07) is 15.6. The summed E-state index contributed by atoms with van der Waals surface area (Å²) in [7, 11) is 1.48. The Labute approximate surface area is 201 Å². The van der Waals surface area contributed by atoms with Gasteiger partial charge in [-0.3, -0.25) is 9.59 Å². The molecule has 0 unspecified atom stereocenters. The smallest absolute Gasteiger partial charge is 0.278 e. The number of carbonyl (C=O) groups is 1. The molecule has 10 nitrogen and oxygen atoms in total. The Bertz CT molecular complexity index is 1480. The largest absolute Gasteiger partial charge is 0.505 e. The van der Waals surface area contributed by atoms with Gasteiger partial charge in [0, 0.05) is 32.2 Å². The molecule has 0 spiro atoms. The van der Waals surface area contributed by atoms with E-state index in [1.54, 1.807) is 29.2 Å². The van der Waals surface area contributed by atoms with Gasteiger partial charge in [0.15, 0.2) is 17.3 Å². The molecule has 1 aliphatic heterocycles. The van der Waals surface area contributed by atoms with Crippen LogP contribution < -0.4 is 15.2 Å². The number of hydrogen-bond donors (Lipinski definition) is 1. The average Bonchev–Trinajstić information content (AvgIpc) is 2.88. The number of aryl methyl sites for hydroxylation is 1. The van der Waals surface area contributed by atoms with Crippen LogP contribution in [0.1, 0.15) is 16.2 Å². The number of methoxy groups -OCH3 is 1. The summed E-state index contributed by atoms with van der Waals surface area (Å²) in [5, 5.41) is 14.6. The molecule has 10 heteroatoms. The van der Waals surface area contributed by atoms with Gasteiger partial charge in [0.2, 0.25) is 0 Å². The quantitative estimate of drug-likeness (QED) is 0.481. The Hall–Kier alpha value is -4.47. The first kappa shape index (κ1) is 22.3. The van der Waals surface area contributed by atoms with Crippen LogP contribution in [0.3, 0.4) is 0 Å². The van der Waals surface area contributed by atoms with Crippen LogP contribution in [-0.4, -0.2) is 69.0 Å². The second-order valence-electron chi connectivity index (χ2n) is 8.20. The highest BCUT2D eigenvalue weighted by Crippen LogP contribution is 2.24. The number of anilines is 1. The first-order valence-corrected chi connectivity index (χ1v) is 11.2. The van der Waals surface area contributed by atoms with Gasteiger partial charge in [0.1, 0.15) is 11.4 Å². The third-order valence-electron chi connectivity index (χ3n) is 6.01. The zero-order chi connectivity index (χ0) is 24.5. The lowest BCUT2D eigenvalue weighted by molar-refractivity contribution is 0.0735. The number of hydrogen-bond acceptors (Lipinski definition) is 8. The molecule has 1 saturated heterocycles. The first-order valence-electron chi connectivity index (χ1n) is 11.2. The lowest BCUT2D eigenvalue weighted by Crippen LogP contribution is -2.49. The van der Waals surface area contributed by atoms with Crippen LogP contribution in [0, 0.1) is 6.92 Å². The summed E-state index contributed by atoms with van der Waals surface area (Å²) in [5.74, 6) is 0.310. The third kappa shape index (κ3) is 4.14. The minimum Gasteiger partial charge on any atom is -0.505 e. The molecule has 2 aromatic carbocycles. The van der Waals surface area contributed by atoms with Crippen LogP contribution in [-0.2, 0) is 0 Å². The summed E-state index contributed by atoms with van der Waals surface area (Å²) < 4.78 is 6.38. The van der Waals surface area contributed by atoms with E-state index in [0.717, 1.165) is 33.3 Å². The van der Waals surface area contributed by atoms with E-state index in [1.807, 2.05) is 31.2 Å². The molecule has 1 aliphatic rings. The van der Waals surface area contributed by atoms with E-state index in [-0.39, 0.29) is 5.69 Å². The number of rotatable bonds is 4. The SMILES string of the molecule is COc1ccccc1-n1nc(C(=O)N2CCN(c3nc4ccccc4nc3C)CC2)c(O)cc1=O. The number of carbonyl (C=O) groups excluding carboxylic acids is 1. The Morgan fingerprint density at radius 3 is 2.34 bits per heavy atom. The van der Waals surface area contributed by atoms with Crippen LogP contribution in [0.2, 0.25) is 0 Å². The van der Waals surface area contributed by atoms with Gasteiger partial charge in [0.05, 0.1) is 23.8 Å². The van der Waals surface area contributed by atoms with Crippen molar-refractivity contribution in [2.75, 3.05) is 38.2 Å². The number of benzene rings is 2. The predicted octanol–water partition coefficient (Wildman–Crippen LogP) is 2.16. The molecule has 178 valence electrons. The lowest BCUT2D eigenvalue weighted by atomic mass is 10.2. The second-order valence-corrected chi connectivity index (χ2v) is 8.20. The number of aromatic hydroxyl groups is 1. The second kappa shape index (κ2) is 9.05. The van der Waals surface area contributed by atoms with Gasteiger partial charge in [-0.05, 0) is 31.2 Å². The number of piperazine rings is 1. The van der Waals surface area contributed by atoms with Crippen molar-refractivity contribution in [3.63, 3.8) is 0 Å². The van der Waals surface area contributed by atoms with E-state index in [2.05, 4.69) is 15.0 Å². The van der Waals surface area contributed by atoms with Crippen molar-refractivity contribution in [2.45, 2.75) is 6.92 Å². The highest BCUT2D eigenvalue weighted by molar-refractivity contribution is 5.94. The highest BCUT2D eigenvalue weighted by atomic mass is 16.5. The van der Waals surface area contributed by atoms with Gasteiger partial charge in [-0.25, -0.2) is 9.97 Å². The van der Waals surface area contributed by atoms with Gasteiger partial charge < -0.3 is 19.6 Å². The van der Waals surface area contributed by atoms with E-state index in [0.29, 0.717) is 37.6 Å². The van der Waals surface area contributed by atoms with Gasteiger partial charge in [-0.2, -0.15) is 9.78 Å².